The summed E-state index contributed by atoms with van der Waals surface area (Å²) in [6, 6.07) is 5.08. The van der Waals surface area contributed by atoms with Crippen molar-refractivity contribution in [2.24, 2.45) is 0 Å². The fourth-order valence-corrected chi connectivity index (χ4v) is 2.15. The Balaban J connectivity index is 2.76. The number of nitrogens with one attached hydrogen (secondary N) is 1. The van der Waals surface area contributed by atoms with Crippen molar-refractivity contribution >= 4 is 33.4 Å². The molecule has 0 bridgehead atoms. The van der Waals surface area contributed by atoms with E-state index in [0.29, 0.717) is 15.2 Å². The van der Waals surface area contributed by atoms with Gasteiger partial charge in [-0.15, -0.1) is 0 Å². The number of carbonyl (C=O) groups excluding carboxylic acids is 1. The minimum Gasteiger partial charge on any atom is -0.480 e. The van der Waals surface area contributed by atoms with Gasteiger partial charge in [0.05, 0.1) is 15.6 Å². The first kappa shape index (κ1) is 18.3. The Morgan fingerprint density at radius 1 is 1.38 bits per heavy atom. The quantitative estimate of drug-likeness (QED) is 0.824. The summed E-state index contributed by atoms with van der Waals surface area (Å²) in [6.45, 7) is 8.46. The first-order valence-electron chi connectivity index (χ1n) is 6.60. The molecule has 4 nitrogen and oxygen atoms in total. The van der Waals surface area contributed by atoms with E-state index in [1.165, 1.54) is 0 Å². The summed E-state index contributed by atoms with van der Waals surface area (Å²) in [6.07, 6.45) is -0.705. The van der Waals surface area contributed by atoms with Crippen LogP contribution in [0.2, 0.25) is 5.02 Å². The van der Waals surface area contributed by atoms with E-state index in [0.717, 1.165) is 0 Å². The first-order valence-corrected chi connectivity index (χ1v) is 7.77. The van der Waals surface area contributed by atoms with Crippen LogP contribution in [0.25, 0.3) is 0 Å². The van der Waals surface area contributed by atoms with Crippen LogP contribution in [-0.2, 0) is 4.79 Å². The van der Waals surface area contributed by atoms with Gasteiger partial charge in [-0.2, -0.15) is 0 Å². The number of rotatable bonds is 5. The number of hydrogen-bond acceptors (Lipinski definition) is 3. The van der Waals surface area contributed by atoms with E-state index in [9.17, 15) is 9.90 Å². The maximum Gasteiger partial charge on any atom is 0.261 e. The van der Waals surface area contributed by atoms with Crippen molar-refractivity contribution in [2.45, 2.75) is 51.9 Å². The molecule has 1 atom stereocenters. The highest BCUT2D eigenvalue weighted by atomic mass is 79.9. The molecule has 0 fully saturated rings. The molecule has 0 spiro atoms. The lowest BCUT2D eigenvalue weighted by Gasteiger charge is -2.38. The van der Waals surface area contributed by atoms with Crippen LogP contribution < -0.4 is 10.1 Å². The van der Waals surface area contributed by atoms with Gasteiger partial charge in [0, 0.05) is 5.02 Å². The Kier molecular flexibility index (Phi) is 5.69. The van der Waals surface area contributed by atoms with Gasteiger partial charge in [0.1, 0.15) is 5.75 Å². The Morgan fingerprint density at radius 2 is 1.95 bits per heavy atom. The van der Waals surface area contributed by atoms with Crippen molar-refractivity contribution in [1.29, 1.82) is 0 Å². The van der Waals surface area contributed by atoms with Crippen molar-refractivity contribution in [2.75, 3.05) is 0 Å². The number of amides is 1. The van der Waals surface area contributed by atoms with Crippen molar-refractivity contribution < 1.29 is 14.6 Å². The molecule has 21 heavy (non-hydrogen) atoms. The van der Waals surface area contributed by atoms with Gasteiger partial charge in [-0.3, -0.25) is 4.79 Å². The van der Waals surface area contributed by atoms with E-state index >= 15 is 0 Å². The monoisotopic (exact) mass is 377 g/mol. The van der Waals surface area contributed by atoms with Crippen LogP contribution in [-0.4, -0.2) is 28.3 Å². The summed E-state index contributed by atoms with van der Waals surface area (Å²) in [5.41, 5.74) is -1.83. The molecule has 1 rings (SSSR count). The third-order valence-electron chi connectivity index (χ3n) is 3.53. The molecule has 1 aromatic rings. The summed E-state index contributed by atoms with van der Waals surface area (Å²) < 4.78 is 6.30. The van der Waals surface area contributed by atoms with Crippen molar-refractivity contribution in [3.05, 3.63) is 27.7 Å². The average Bonchev–Trinajstić information content (AvgIpc) is 2.30. The zero-order valence-corrected chi connectivity index (χ0v) is 15.2. The Bertz CT molecular complexity index is 526. The fraction of sp³-hybridized carbons (Fsp3) is 0.533. The van der Waals surface area contributed by atoms with Crippen LogP contribution in [0.5, 0.6) is 5.75 Å². The van der Waals surface area contributed by atoms with Crippen LogP contribution in [0.4, 0.5) is 0 Å². The van der Waals surface area contributed by atoms with E-state index < -0.39 is 17.2 Å². The number of hydrogen-bond donors (Lipinski definition) is 2. The molecule has 0 aliphatic carbocycles. The Hall–Kier alpha value is -0.780. The predicted octanol–water partition coefficient (Wildman–Crippen LogP) is 3.54. The van der Waals surface area contributed by atoms with Crippen LogP contribution in [0, 0.1) is 0 Å². The molecule has 2 N–H and O–H groups in total. The summed E-state index contributed by atoms with van der Waals surface area (Å²) in [7, 11) is 0. The molecule has 1 amide bonds. The lowest BCUT2D eigenvalue weighted by Crippen LogP contribution is -2.59. The van der Waals surface area contributed by atoms with Gasteiger partial charge in [0.25, 0.3) is 5.91 Å². The third kappa shape index (κ3) is 4.87. The maximum absolute atomic E-state index is 12.2. The molecule has 0 saturated heterocycles. The second kappa shape index (κ2) is 6.55. The van der Waals surface area contributed by atoms with Gasteiger partial charge >= 0.3 is 0 Å². The molecule has 0 heterocycles. The second-order valence-electron chi connectivity index (χ2n) is 6.01. The third-order valence-corrected chi connectivity index (χ3v) is 4.39. The molecule has 0 aliphatic heterocycles. The molecule has 6 heteroatoms. The van der Waals surface area contributed by atoms with Gasteiger partial charge in [-0.25, -0.2) is 0 Å². The molecule has 1 aromatic carbocycles. The number of ether oxygens (including phenoxy) is 1. The topological polar surface area (TPSA) is 58.6 Å². The van der Waals surface area contributed by atoms with Crippen molar-refractivity contribution in [3.63, 3.8) is 0 Å². The molecule has 0 aliphatic rings. The summed E-state index contributed by atoms with van der Waals surface area (Å²) in [5, 5.41) is 13.4. The van der Waals surface area contributed by atoms with Gasteiger partial charge in [-0.1, -0.05) is 11.6 Å². The van der Waals surface area contributed by atoms with Crippen LogP contribution in [0.15, 0.2) is 22.7 Å². The van der Waals surface area contributed by atoms with E-state index in [1.807, 2.05) is 0 Å². The van der Waals surface area contributed by atoms with E-state index in [-0.39, 0.29) is 5.91 Å². The van der Waals surface area contributed by atoms with Crippen LogP contribution >= 0.6 is 27.5 Å². The SMILES string of the molecule is CC(Oc1ccc(Cl)cc1Br)C(=O)NC(C)(C)C(C)(C)O. The molecule has 0 radical (unpaired) electrons. The summed E-state index contributed by atoms with van der Waals surface area (Å²) in [4.78, 5) is 12.2. The van der Waals surface area contributed by atoms with E-state index in [4.69, 9.17) is 16.3 Å². The highest BCUT2D eigenvalue weighted by Gasteiger charge is 2.37. The zero-order chi connectivity index (χ0) is 16.4. The standard InChI is InChI=1S/C15H21BrClNO3/c1-9(13(19)18-14(2,3)15(4,5)20)21-12-7-6-10(17)8-11(12)16/h6-9,20H,1-5H3,(H,18,19). The highest BCUT2D eigenvalue weighted by molar-refractivity contribution is 9.10. The largest absolute Gasteiger partial charge is 0.480 e. The number of carbonyl (C=O) groups is 1. The Morgan fingerprint density at radius 3 is 2.43 bits per heavy atom. The lowest BCUT2D eigenvalue weighted by atomic mass is 9.86. The summed E-state index contributed by atoms with van der Waals surface area (Å²) in [5.74, 6) is 0.229. The molecular formula is C15H21BrClNO3. The molecular weight excluding hydrogens is 358 g/mol. The van der Waals surface area contributed by atoms with Gasteiger partial charge in [0.2, 0.25) is 0 Å². The maximum atomic E-state index is 12.2. The predicted molar refractivity (Wildman–Crippen MR) is 87.8 cm³/mol. The van der Waals surface area contributed by atoms with E-state index in [2.05, 4.69) is 21.2 Å². The Labute approximate surface area is 139 Å². The number of halogens is 2. The van der Waals surface area contributed by atoms with Crippen molar-refractivity contribution in [1.82, 2.24) is 5.32 Å². The van der Waals surface area contributed by atoms with Crippen LogP contribution in [0.3, 0.4) is 0 Å². The van der Waals surface area contributed by atoms with Gasteiger partial charge < -0.3 is 15.2 Å². The number of aliphatic hydroxyl groups is 1. The minimum absolute atomic E-state index is 0.302. The number of benzene rings is 1. The average molecular weight is 379 g/mol. The fourth-order valence-electron chi connectivity index (χ4n) is 1.38. The lowest BCUT2D eigenvalue weighted by molar-refractivity contribution is -0.132. The molecule has 0 aromatic heterocycles. The van der Waals surface area contributed by atoms with E-state index in [1.54, 1.807) is 52.8 Å². The zero-order valence-electron chi connectivity index (χ0n) is 12.8. The molecule has 1 unspecified atom stereocenters. The second-order valence-corrected chi connectivity index (χ2v) is 7.30. The first-order chi connectivity index (χ1) is 9.44. The normalized spacial score (nSPS) is 13.7. The summed E-state index contributed by atoms with van der Waals surface area (Å²) >= 11 is 9.20. The smallest absolute Gasteiger partial charge is 0.261 e. The molecule has 0 saturated carbocycles. The van der Waals surface area contributed by atoms with Gasteiger partial charge in [0.15, 0.2) is 6.10 Å². The minimum atomic E-state index is -1.05. The molecule has 118 valence electrons. The highest BCUT2D eigenvalue weighted by Crippen LogP contribution is 2.29. The van der Waals surface area contributed by atoms with Crippen molar-refractivity contribution in [3.8, 4) is 5.75 Å². The van der Waals surface area contributed by atoms with Crippen LogP contribution in [0.1, 0.15) is 34.6 Å². The van der Waals surface area contributed by atoms with Gasteiger partial charge in [-0.05, 0) is 68.7 Å².